The van der Waals surface area contributed by atoms with Crippen LogP contribution in [0, 0.1) is 0 Å². The highest BCUT2D eigenvalue weighted by atomic mass is 16.7. The fraction of sp³-hybridized carbons (Fsp3) is 1.00. The molecule has 0 radical (unpaired) electrons. The number of ether oxygens (including phenoxy) is 3. The summed E-state index contributed by atoms with van der Waals surface area (Å²) >= 11 is 0. The largest absolute Gasteiger partial charge is 0.383 e. The standard InChI is InChI=1S/C11H23NO3/c1-4-10(9-13-3)12-6-5-11(2)14-7-8-15-11/h10,12H,4-9H2,1-3H3. The van der Waals surface area contributed by atoms with Crippen molar-refractivity contribution in [2.75, 3.05) is 33.5 Å². The molecule has 1 aliphatic rings. The van der Waals surface area contributed by atoms with E-state index < -0.39 is 0 Å². The third kappa shape index (κ3) is 4.47. The zero-order valence-corrected chi connectivity index (χ0v) is 10.0. The quantitative estimate of drug-likeness (QED) is 0.694. The lowest BCUT2D eigenvalue weighted by atomic mass is 10.2. The highest BCUT2D eigenvalue weighted by Gasteiger charge is 2.30. The van der Waals surface area contributed by atoms with Crippen molar-refractivity contribution in [2.24, 2.45) is 0 Å². The maximum atomic E-state index is 5.52. The summed E-state index contributed by atoms with van der Waals surface area (Å²) in [6, 6.07) is 0.431. The zero-order valence-electron chi connectivity index (χ0n) is 10.0. The first-order valence-corrected chi connectivity index (χ1v) is 5.70. The van der Waals surface area contributed by atoms with E-state index in [1.54, 1.807) is 7.11 Å². The summed E-state index contributed by atoms with van der Waals surface area (Å²) in [5, 5.41) is 3.44. The zero-order chi connectivity index (χ0) is 11.1. The Labute approximate surface area is 92.3 Å². The van der Waals surface area contributed by atoms with Crippen molar-refractivity contribution in [1.29, 1.82) is 0 Å². The first kappa shape index (κ1) is 12.9. The van der Waals surface area contributed by atoms with Gasteiger partial charge in [0.15, 0.2) is 5.79 Å². The lowest BCUT2D eigenvalue weighted by Gasteiger charge is -2.24. The van der Waals surface area contributed by atoms with Crippen molar-refractivity contribution in [1.82, 2.24) is 5.32 Å². The highest BCUT2D eigenvalue weighted by Crippen LogP contribution is 2.21. The molecule has 0 aromatic carbocycles. The predicted molar refractivity (Wildman–Crippen MR) is 58.9 cm³/mol. The maximum Gasteiger partial charge on any atom is 0.166 e. The van der Waals surface area contributed by atoms with E-state index >= 15 is 0 Å². The number of hydrogen-bond donors (Lipinski definition) is 1. The third-order valence-electron chi connectivity index (χ3n) is 2.77. The van der Waals surface area contributed by atoms with Crippen molar-refractivity contribution >= 4 is 0 Å². The Morgan fingerprint density at radius 1 is 1.40 bits per heavy atom. The molecule has 1 N–H and O–H groups in total. The Balaban J connectivity index is 2.13. The van der Waals surface area contributed by atoms with E-state index in [9.17, 15) is 0 Å². The molecule has 0 spiro atoms. The molecule has 15 heavy (non-hydrogen) atoms. The Morgan fingerprint density at radius 3 is 2.60 bits per heavy atom. The van der Waals surface area contributed by atoms with Crippen molar-refractivity contribution < 1.29 is 14.2 Å². The van der Waals surface area contributed by atoms with Gasteiger partial charge in [-0.15, -0.1) is 0 Å². The SMILES string of the molecule is CCC(COC)NCCC1(C)OCCO1. The van der Waals surface area contributed by atoms with Gasteiger partial charge >= 0.3 is 0 Å². The van der Waals surface area contributed by atoms with E-state index in [0.29, 0.717) is 19.3 Å². The Morgan fingerprint density at radius 2 is 2.07 bits per heavy atom. The molecule has 0 aromatic heterocycles. The molecule has 0 saturated carbocycles. The molecule has 1 rings (SSSR count). The van der Waals surface area contributed by atoms with Gasteiger partial charge in [0.25, 0.3) is 0 Å². The van der Waals surface area contributed by atoms with Gasteiger partial charge in [0.05, 0.1) is 19.8 Å². The van der Waals surface area contributed by atoms with Crippen LogP contribution in [0.2, 0.25) is 0 Å². The molecular weight excluding hydrogens is 194 g/mol. The van der Waals surface area contributed by atoms with Gasteiger partial charge in [-0.3, -0.25) is 0 Å². The molecule has 0 amide bonds. The Bertz CT molecular complexity index is 169. The lowest BCUT2D eigenvalue weighted by molar-refractivity contribution is -0.145. The van der Waals surface area contributed by atoms with Crippen molar-refractivity contribution in [3.63, 3.8) is 0 Å². The summed E-state index contributed by atoms with van der Waals surface area (Å²) in [5.41, 5.74) is 0. The van der Waals surface area contributed by atoms with Crippen LogP contribution in [0.4, 0.5) is 0 Å². The summed E-state index contributed by atoms with van der Waals surface area (Å²) < 4.78 is 16.2. The molecule has 1 atom stereocenters. The number of rotatable bonds is 7. The fourth-order valence-corrected chi connectivity index (χ4v) is 1.73. The van der Waals surface area contributed by atoms with Crippen molar-refractivity contribution in [3.8, 4) is 0 Å². The molecule has 0 bridgehead atoms. The first-order valence-electron chi connectivity index (χ1n) is 5.70. The van der Waals surface area contributed by atoms with Gasteiger partial charge < -0.3 is 19.5 Å². The van der Waals surface area contributed by atoms with E-state index in [2.05, 4.69) is 12.2 Å². The highest BCUT2D eigenvalue weighted by molar-refractivity contribution is 4.71. The summed E-state index contributed by atoms with van der Waals surface area (Å²) in [5.74, 6) is -0.377. The van der Waals surface area contributed by atoms with E-state index in [4.69, 9.17) is 14.2 Å². The molecule has 0 aromatic rings. The van der Waals surface area contributed by atoms with Crippen LogP contribution in [0.25, 0.3) is 0 Å². The number of hydrogen-bond acceptors (Lipinski definition) is 4. The van der Waals surface area contributed by atoms with Crippen molar-refractivity contribution in [2.45, 2.75) is 38.5 Å². The fourth-order valence-electron chi connectivity index (χ4n) is 1.73. The third-order valence-corrected chi connectivity index (χ3v) is 2.77. The summed E-state index contributed by atoms with van der Waals surface area (Å²) in [6.45, 7) is 7.24. The van der Waals surface area contributed by atoms with Gasteiger partial charge in [-0.1, -0.05) is 6.92 Å². The molecule has 0 aliphatic carbocycles. The molecule has 90 valence electrons. The van der Waals surface area contributed by atoms with Crippen LogP contribution in [0.15, 0.2) is 0 Å². The predicted octanol–water partition coefficient (Wildman–Crippen LogP) is 1.15. The Hall–Kier alpha value is -0.160. The lowest BCUT2D eigenvalue weighted by Crippen LogP contribution is -2.37. The molecule has 1 fully saturated rings. The van der Waals surface area contributed by atoms with Crippen molar-refractivity contribution in [3.05, 3.63) is 0 Å². The number of methoxy groups -OCH3 is 1. The van der Waals surface area contributed by atoms with Crippen LogP contribution in [-0.2, 0) is 14.2 Å². The van der Waals surface area contributed by atoms with Gasteiger partial charge in [0, 0.05) is 26.1 Å². The van der Waals surface area contributed by atoms with Gasteiger partial charge in [-0.05, 0) is 13.3 Å². The Kier molecular flexibility index (Phi) is 5.53. The van der Waals surface area contributed by atoms with E-state index in [0.717, 1.165) is 26.0 Å². The van der Waals surface area contributed by atoms with Crippen LogP contribution in [0.3, 0.4) is 0 Å². The van der Waals surface area contributed by atoms with E-state index in [-0.39, 0.29) is 5.79 Å². The van der Waals surface area contributed by atoms with Gasteiger partial charge in [0.2, 0.25) is 0 Å². The summed E-state index contributed by atoms with van der Waals surface area (Å²) in [6.07, 6.45) is 1.96. The second kappa shape index (κ2) is 6.43. The average Bonchev–Trinajstić information content (AvgIpc) is 2.64. The average molecular weight is 217 g/mol. The second-order valence-electron chi connectivity index (χ2n) is 4.10. The smallest absolute Gasteiger partial charge is 0.166 e. The molecule has 1 unspecified atom stereocenters. The van der Waals surface area contributed by atoms with Gasteiger partial charge in [0.1, 0.15) is 0 Å². The molecule has 4 heteroatoms. The molecule has 1 saturated heterocycles. The topological polar surface area (TPSA) is 39.7 Å². The minimum atomic E-state index is -0.377. The monoisotopic (exact) mass is 217 g/mol. The summed E-state index contributed by atoms with van der Waals surface area (Å²) in [4.78, 5) is 0. The van der Waals surface area contributed by atoms with E-state index in [1.807, 2.05) is 6.92 Å². The summed E-state index contributed by atoms with van der Waals surface area (Å²) in [7, 11) is 1.73. The van der Waals surface area contributed by atoms with Gasteiger partial charge in [-0.2, -0.15) is 0 Å². The van der Waals surface area contributed by atoms with Crippen LogP contribution < -0.4 is 5.32 Å². The van der Waals surface area contributed by atoms with Gasteiger partial charge in [-0.25, -0.2) is 0 Å². The minimum Gasteiger partial charge on any atom is -0.383 e. The van der Waals surface area contributed by atoms with Crippen LogP contribution >= 0.6 is 0 Å². The molecule has 1 aliphatic heterocycles. The maximum absolute atomic E-state index is 5.52. The van der Waals surface area contributed by atoms with Crippen LogP contribution in [-0.4, -0.2) is 45.3 Å². The van der Waals surface area contributed by atoms with Crippen LogP contribution in [0.1, 0.15) is 26.7 Å². The molecular formula is C11H23NO3. The molecule has 4 nitrogen and oxygen atoms in total. The molecule has 1 heterocycles. The normalized spacial score (nSPS) is 21.8. The first-order chi connectivity index (χ1) is 7.20. The minimum absolute atomic E-state index is 0.377. The van der Waals surface area contributed by atoms with E-state index in [1.165, 1.54) is 0 Å². The van der Waals surface area contributed by atoms with Crippen LogP contribution in [0.5, 0.6) is 0 Å². The second-order valence-corrected chi connectivity index (χ2v) is 4.10. The number of nitrogens with one attached hydrogen (secondary N) is 1.